The molecule has 1 atom stereocenters. The molecule has 0 radical (unpaired) electrons. The van der Waals surface area contributed by atoms with Crippen LogP contribution < -0.4 is 29.1 Å². The van der Waals surface area contributed by atoms with Gasteiger partial charge < -0.3 is 18.9 Å². The van der Waals surface area contributed by atoms with E-state index in [2.05, 4.69) is 4.99 Å². The quantitative estimate of drug-likeness (QED) is 0.504. The van der Waals surface area contributed by atoms with Gasteiger partial charge in [0.1, 0.15) is 5.75 Å². The van der Waals surface area contributed by atoms with Crippen molar-refractivity contribution in [2.24, 2.45) is 4.99 Å². The van der Waals surface area contributed by atoms with Gasteiger partial charge in [-0.1, -0.05) is 29.5 Å². The Morgan fingerprint density at radius 3 is 2.32 bits per heavy atom. The van der Waals surface area contributed by atoms with Crippen molar-refractivity contribution in [3.05, 3.63) is 84.5 Å². The molecule has 0 spiro atoms. The summed E-state index contributed by atoms with van der Waals surface area (Å²) in [6, 6.07) is 12.0. The summed E-state index contributed by atoms with van der Waals surface area (Å²) in [5, 5.41) is 0. The summed E-state index contributed by atoms with van der Waals surface area (Å²) in [5.74, 6) is 1.20. The Balaban J connectivity index is 1.95. The normalized spacial score (nSPS) is 15.4. The van der Waals surface area contributed by atoms with Crippen molar-refractivity contribution in [3.8, 4) is 17.2 Å². The highest BCUT2D eigenvalue weighted by atomic mass is 32.1. The molecule has 1 aromatic heterocycles. The Morgan fingerprint density at radius 1 is 1.00 bits per heavy atom. The van der Waals surface area contributed by atoms with Gasteiger partial charge in [0.2, 0.25) is 0 Å². The first kappa shape index (κ1) is 23.3. The zero-order valence-electron chi connectivity index (χ0n) is 19.4. The van der Waals surface area contributed by atoms with Crippen molar-refractivity contribution in [1.82, 2.24) is 4.57 Å². The van der Waals surface area contributed by atoms with Gasteiger partial charge in [-0.2, -0.15) is 0 Å². The van der Waals surface area contributed by atoms with Crippen LogP contribution in [0.2, 0.25) is 0 Å². The maximum atomic E-state index is 13.6. The predicted molar refractivity (Wildman–Crippen MR) is 128 cm³/mol. The lowest BCUT2D eigenvalue weighted by molar-refractivity contribution is -0.136. The van der Waals surface area contributed by atoms with Crippen molar-refractivity contribution in [1.29, 1.82) is 0 Å². The van der Waals surface area contributed by atoms with Crippen LogP contribution in [-0.2, 0) is 9.53 Å². The Hall–Kier alpha value is -3.85. The molecule has 0 aliphatic carbocycles. The number of benzene rings is 2. The van der Waals surface area contributed by atoms with Crippen LogP contribution in [0.15, 0.2) is 63.5 Å². The molecule has 4 rings (SSSR count). The zero-order chi connectivity index (χ0) is 24.4. The number of thiazole rings is 1. The zero-order valence-corrected chi connectivity index (χ0v) is 20.3. The maximum Gasteiger partial charge on any atom is 0.338 e. The summed E-state index contributed by atoms with van der Waals surface area (Å²) >= 11 is 1.26. The predicted octanol–water partition coefficient (Wildman–Crippen LogP) is 2.43. The molecule has 34 heavy (non-hydrogen) atoms. The van der Waals surface area contributed by atoms with Crippen LogP contribution in [0.3, 0.4) is 0 Å². The van der Waals surface area contributed by atoms with Crippen molar-refractivity contribution in [2.45, 2.75) is 13.0 Å². The van der Waals surface area contributed by atoms with Crippen LogP contribution in [0.25, 0.3) is 6.08 Å². The monoisotopic (exact) mass is 480 g/mol. The van der Waals surface area contributed by atoms with E-state index in [4.69, 9.17) is 18.9 Å². The SMILES string of the molecule is COC(=O)C1=C(C)N=c2s/c(=C\c3ccc(OC)cc3)c(=O)n2[C@H]1c1ccc(OC)c(OC)c1. The molecule has 1 aliphatic heterocycles. The Bertz CT molecular complexity index is 1450. The average molecular weight is 481 g/mol. The Morgan fingerprint density at radius 2 is 1.71 bits per heavy atom. The van der Waals surface area contributed by atoms with Crippen molar-refractivity contribution in [3.63, 3.8) is 0 Å². The summed E-state index contributed by atoms with van der Waals surface area (Å²) in [6.07, 6.45) is 1.80. The molecular weight excluding hydrogens is 456 g/mol. The number of ether oxygens (including phenoxy) is 4. The fourth-order valence-corrected chi connectivity index (χ4v) is 4.93. The highest BCUT2D eigenvalue weighted by Gasteiger charge is 2.33. The number of fused-ring (bicyclic) bond motifs is 1. The van der Waals surface area contributed by atoms with E-state index in [-0.39, 0.29) is 11.1 Å². The fraction of sp³-hybridized carbons (Fsp3) is 0.240. The van der Waals surface area contributed by atoms with Crippen LogP contribution in [0.5, 0.6) is 17.2 Å². The van der Waals surface area contributed by atoms with E-state index in [1.165, 1.54) is 30.1 Å². The molecule has 8 nitrogen and oxygen atoms in total. The van der Waals surface area contributed by atoms with E-state index in [1.54, 1.807) is 45.4 Å². The molecule has 0 bridgehead atoms. The van der Waals surface area contributed by atoms with Gasteiger partial charge in [-0.25, -0.2) is 9.79 Å². The van der Waals surface area contributed by atoms with Crippen LogP contribution in [0.4, 0.5) is 0 Å². The fourth-order valence-electron chi connectivity index (χ4n) is 3.88. The van der Waals surface area contributed by atoms with Crippen molar-refractivity contribution in [2.75, 3.05) is 28.4 Å². The number of nitrogens with zero attached hydrogens (tertiary/aromatic N) is 2. The van der Waals surface area contributed by atoms with Crippen LogP contribution in [0, 0.1) is 0 Å². The van der Waals surface area contributed by atoms with Crippen LogP contribution >= 0.6 is 11.3 Å². The minimum absolute atomic E-state index is 0.256. The molecule has 0 amide bonds. The first-order chi connectivity index (χ1) is 16.4. The van der Waals surface area contributed by atoms with Crippen LogP contribution in [-0.4, -0.2) is 39.0 Å². The van der Waals surface area contributed by atoms with E-state index in [1.807, 2.05) is 24.3 Å². The van der Waals surface area contributed by atoms with E-state index >= 15 is 0 Å². The third kappa shape index (κ3) is 4.10. The lowest BCUT2D eigenvalue weighted by Crippen LogP contribution is -2.39. The highest BCUT2D eigenvalue weighted by molar-refractivity contribution is 7.07. The van der Waals surface area contributed by atoms with E-state index in [0.717, 1.165) is 11.3 Å². The third-order valence-electron chi connectivity index (χ3n) is 5.56. The minimum atomic E-state index is -0.735. The number of esters is 1. The first-order valence-electron chi connectivity index (χ1n) is 10.4. The molecule has 9 heteroatoms. The molecular formula is C25H24N2O6S. The summed E-state index contributed by atoms with van der Waals surface area (Å²) in [4.78, 5) is 31.4. The average Bonchev–Trinajstić information content (AvgIpc) is 3.16. The molecule has 0 saturated heterocycles. The van der Waals surface area contributed by atoms with Gasteiger partial charge in [-0.05, 0) is 48.4 Å². The second kappa shape index (κ2) is 9.56. The first-order valence-corrected chi connectivity index (χ1v) is 11.2. The van der Waals surface area contributed by atoms with Gasteiger partial charge in [0.25, 0.3) is 5.56 Å². The van der Waals surface area contributed by atoms with Crippen molar-refractivity contribution < 1.29 is 23.7 Å². The van der Waals surface area contributed by atoms with Gasteiger partial charge in [-0.3, -0.25) is 9.36 Å². The molecule has 2 aromatic carbocycles. The van der Waals surface area contributed by atoms with Gasteiger partial charge in [0, 0.05) is 0 Å². The maximum absolute atomic E-state index is 13.6. The molecule has 0 saturated carbocycles. The molecule has 176 valence electrons. The number of methoxy groups -OCH3 is 4. The standard InChI is InChI=1S/C25H24N2O6S/c1-14-21(24(29)33-5)22(16-8-11-18(31-3)19(13-16)32-4)27-23(28)20(34-25(27)26-14)12-15-6-9-17(30-2)10-7-15/h6-13,22H,1-5H3/b20-12-/t22-/m0/s1. The number of aromatic nitrogens is 1. The van der Waals surface area contributed by atoms with Crippen molar-refractivity contribution >= 4 is 23.4 Å². The van der Waals surface area contributed by atoms with Gasteiger partial charge >= 0.3 is 5.97 Å². The summed E-state index contributed by atoms with van der Waals surface area (Å²) in [7, 11) is 5.99. The number of carbonyl (C=O) groups excluding carboxylic acids is 1. The number of hydrogen-bond acceptors (Lipinski definition) is 8. The second-order valence-corrected chi connectivity index (χ2v) is 8.47. The topological polar surface area (TPSA) is 88.4 Å². The summed E-state index contributed by atoms with van der Waals surface area (Å²) < 4.78 is 23.1. The Labute approximate surface area is 200 Å². The number of carbonyl (C=O) groups is 1. The third-order valence-corrected chi connectivity index (χ3v) is 6.55. The van der Waals surface area contributed by atoms with E-state index < -0.39 is 12.0 Å². The smallest absolute Gasteiger partial charge is 0.338 e. The molecule has 0 fully saturated rings. The largest absolute Gasteiger partial charge is 0.497 e. The Kier molecular flexibility index (Phi) is 6.56. The summed E-state index contributed by atoms with van der Waals surface area (Å²) in [6.45, 7) is 1.74. The molecule has 3 aromatic rings. The van der Waals surface area contributed by atoms with Gasteiger partial charge in [0.15, 0.2) is 16.3 Å². The second-order valence-electron chi connectivity index (χ2n) is 7.46. The van der Waals surface area contributed by atoms with Gasteiger partial charge in [0.05, 0.1) is 50.3 Å². The summed E-state index contributed by atoms with van der Waals surface area (Å²) in [5.41, 5.74) is 2.04. The molecule has 2 heterocycles. The van der Waals surface area contributed by atoms with E-state index in [9.17, 15) is 9.59 Å². The number of rotatable bonds is 6. The molecule has 0 N–H and O–H groups in total. The molecule has 1 aliphatic rings. The van der Waals surface area contributed by atoms with Gasteiger partial charge in [-0.15, -0.1) is 0 Å². The van der Waals surface area contributed by atoms with Crippen LogP contribution in [0.1, 0.15) is 24.1 Å². The molecule has 0 unspecified atom stereocenters. The number of hydrogen-bond donors (Lipinski definition) is 0. The lowest BCUT2D eigenvalue weighted by Gasteiger charge is -2.25. The highest BCUT2D eigenvalue weighted by Crippen LogP contribution is 2.35. The minimum Gasteiger partial charge on any atom is -0.497 e. The number of allylic oxidation sites excluding steroid dienone is 1. The lowest BCUT2D eigenvalue weighted by atomic mass is 9.95. The van der Waals surface area contributed by atoms with E-state index in [0.29, 0.717) is 32.1 Å².